The molecule has 2 aliphatic heterocycles. The number of rotatable bonds is 44. The van der Waals surface area contributed by atoms with Crippen LogP contribution in [-0.2, 0) is 38.0 Å². The van der Waals surface area contributed by atoms with Crippen LogP contribution in [0.1, 0.15) is 200 Å². The number of unbranched alkanes of at least 4 members (excludes halogenated alkanes) is 20. The van der Waals surface area contributed by atoms with E-state index >= 15 is 0 Å². The van der Waals surface area contributed by atoms with Gasteiger partial charge in [0.1, 0.15) is 55.4 Å². The number of esters is 2. The van der Waals surface area contributed by atoms with Gasteiger partial charge in [0.25, 0.3) is 0 Å². The Kier molecular flexibility index (Phi) is 40.3. The van der Waals surface area contributed by atoms with Crippen LogP contribution in [0, 0.1) is 0 Å². The molecular formula is C58H100O15. The molecule has 0 amide bonds. The summed E-state index contributed by atoms with van der Waals surface area (Å²) in [5.74, 6) is -0.945. The van der Waals surface area contributed by atoms with E-state index in [9.17, 15) is 45.3 Å². The Bertz CT molecular complexity index is 1500. The largest absolute Gasteiger partial charge is 0.462 e. The molecular weight excluding hydrogens is 937 g/mol. The lowest BCUT2D eigenvalue weighted by Crippen LogP contribution is -2.61. The van der Waals surface area contributed by atoms with Crippen LogP contribution in [0.25, 0.3) is 0 Å². The van der Waals surface area contributed by atoms with E-state index < -0.39 is 99.3 Å². The molecule has 7 N–H and O–H groups in total. The van der Waals surface area contributed by atoms with Crippen molar-refractivity contribution in [3.05, 3.63) is 60.8 Å². The fourth-order valence-electron chi connectivity index (χ4n) is 8.61. The van der Waals surface area contributed by atoms with Crippen molar-refractivity contribution in [1.82, 2.24) is 0 Å². The van der Waals surface area contributed by atoms with E-state index in [1.165, 1.54) is 64.2 Å². The van der Waals surface area contributed by atoms with Crippen LogP contribution >= 0.6 is 0 Å². The molecule has 15 heteroatoms. The van der Waals surface area contributed by atoms with Gasteiger partial charge in [0.15, 0.2) is 18.7 Å². The number of hydrogen-bond donors (Lipinski definition) is 7. The van der Waals surface area contributed by atoms with Gasteiger partial charge in [-0.1, -0.05) is 171 Å². The predicted octanol–water partition coefficient (Wildman–Crippen LogP) is 9.22. The minimum Gasteiger partial charge on any atom is -0.462 e. The van der Waals surface area contributed by atoms with Gasteiger partial charge in [0, 0.05) is 12.8 Å². The monoisotopic (exact) mass is 1040 g/mol. The first kappa shape index (κ1) is 66.3. The Morgan fingerprint density at radius 1 is 0.452 bits per heavy atom. The average Bonchev–Trinajstić information content (AvgIpc) is 3.38. The molecule has 0 aromatic rings. The molecule has 0 aliphatic carbocycles. The van der Waals surface area contributed by atoms with Crippen LogP contribution in [0.2, 0.25) is 0 Å². The maximum Gasteiger partial charge on any atom is 0.306 e. The number of carbonyl (C=O) groups excluding carboxylic acids is 2. The summed E-state index contributed by atoms with van der Waals surface area (Å²) in [4.78, 5) is 25.9. The van der Waals surface area contributed by atoms with Gasteiger partial charge in [0.2, 0.25) is 0 Å². The zero-order chi connectivity index (χ0) is 53.2. The van der Waals surface area contributed by atoms with E-state index in [4.69, 9.17) is 28.4 Å². The molecule has 422 valence electrons. The molecule has 2 rings (SSSR count). The standard InChI is InChI=1S/C58H100O15/c1-3-5-7-9-11-13-15-17-19-21-23-25-27-29-31-33-35-37-39-41-50(61)71-46(43-68-49(60)40-38-36-34-32-30-28-26-24-22-20-18-16-14-12-10-8-6-4-2)44-69-57-56(67)54(65)52(63)48(73-57)45-70-58-55(66)53(64)51(62)47(42-59)72-58/h5,7,11,13,17,19-20,22-23,25,46-48,51-59,62-67H,3-4,6,8-10,12,14-16,18,21,24,26-45H2,1-2H3/b7-5-,13-11-,19-17-,22-20-,25-23-. The molecule has 11 atom stereocenters. The Morgan fingerprint density at radius 2 is 0.863 bits per heavy atom. The van der Waals surface area contributed by atoms with Crippen LogP contribution < -0.4 is 0 Å². The summed E-state index contributed by atoms with van der Waals surface area (Å²) in [6, 6.07) is 0. The Labute approximate surface area is 439 Å². The molecule has 2 saturated heterocycles. The van der Waals surface area contributed by atoms with Crippen molar-refractivity contribution in [2.45, 2.75) is 268 Å². The highest BCUT2D eigenvalue weighted by Crippen LogP contribution is 2.26. The second kappa shape index (κ2) is 44.3. The highest BCUT2D eigenvalue weighted by atomic mass is 16.7. The van der Waals surface area contributed by atoms with Crippen molar-refractivity contribution in [3.8, 4) is 0 Å². The van der Waals surface area contributed by atoms with E-state index in [-0.39, 0.29) is 19.4 Å². The van der Waals surface area contributed by atoms with Gasteiger partial charge >= 0.3 is 11.9 Å². The summed E-state index contributed by atoms with van der Waals surface area (Å²) in [5, 5.41) is 72.3. The minimum atomic E-state index is -1.77. The lowest BCUT2D eigenvalue weighted by Gasteiger charge is -2.42. The third-order valence-electron chi connectivity index (χ3n) is 13.2. The Hall–Kier alpha value is -2.80. The Morgan fingerprint density at radius 3 is 1.37 bits per heavy atom. The highest BCUT2D eigenvalue weighted by Gasteiger charge is 2.47. The van der Waals surface area contributed by atoms with Crippen molar-refractivity contribution in [3.63, 3.8) is 0 Å². The van der Waals surface area contributed by atoms with E-state index in [2.05, 4.69) is 74.6 Å². The summed E-state index contributed by atoms with van der Waals surface area (Å²) in [5.41, 5.74) is 0. The summed E-state index contributed by atoms with van der Waals surface area (Å²) in [6.07, 6.45) is 35.2. The fourth-order valence-corrected chi connectivity index (χ4v) is 8.61. The average molecular weight is 1040 g/mol. The molecule has 0 radical (unpaired) electrons. The topological polar surface area (TPSA) is 231 Å². The van der Waals surface area contributed by atoms with Crippen molar-refractivity contribution in [1.29, 1.82) is 0 Å². The van der Waals surface area contributed by atoms with Crippen LogP contribution in [0.15, 0.2) is 60.8 Å². The first-order valence-electron chi connectivity index (χ1n) is 28.4. The highest BCUT2D eigenvalue weighted by molar-refractivity contribution is 5.70. The lowest BCUT2D eigenvalue weighted by molar-refractivity contribution is -0.332. The number of hydrogen-bond acceptors (Lipinski definition) is 15. The second-order valence-corrected chi connectivity index (χ2v) is 19.7. The number of aliphatic hydroxyl groups excluding tert-OH is 7. The predicted molar refractivity (Wildman–Crippen MR) is 284 cm³/mol. The van der Waals surface area contributed by atoms with Crippen molar-refractivity contribution in [2.24, 2.45) is 0 Å². The lowest BCUT2D eigenvalue weighted by atomic mass is 9.98. The SMILES string of the molecule is CC/C=C\C/C=C\C/C=C\C/C=C\CCCCCCCCC(=O)OC(COC(=O)CCCCCCCCC/C=C\CCCCCCCCC)COC1OC(COC2OC(CO)C(O)C(O)C2O)C(O)C(O)C1O. The molecule has 0 aromatic heterocycles. The van der Waals surface area contributed by atoms with Crippen molar-refractivity contribution >= 4 is 11.9 Å². The van der Waals surface area contributed by atoms with Crippen LogP contribution in [0.4, 0.5) is 0 Å². The van der Waals surface area contributed by atoms with E-state index in [0.29, 0.717) is 12.8 Å². The zero-order valence-corrected chi connectivity index (χ0v) is 44.9. The molecule has 0 aromatic carbocycles. The summed E-state index contributed by atoms with van der Waals surface area (Å²) in [7, 11) is 0. The fraction of sp³-hybridized carbons (Fsp3) is 0.793. The van der Waals surface area contributed by atoms with Crippen LogP contribution in [0.3, 0.4) is 0 Å². The van der Waals surface area contributed by atoms with Gasteiger partial charge < -0.3 is 64.2 Å². The van der Waals surface area contributed by atoms with Gasteiger partial charge in [-0.15, -0.1) is 0 Å². The van der Waals surface area contributed by atoms with Crippen LogP contribution in [-0.4, -0.2) is 142 Å². The molecule has 11 unspecified atom stereocenters. The quantitative estimate of drug-likeness (QED) is 0.0171. The molecule has 15 nitrogen and oxygen atoms in total. The van der Waals surface area contributed by atoms with Gasteiger partial charge in [-0.05, 0) is 77.0 Å². The first-order valence-corrected chi connectivity index (χ1v) is 28.4. The van der Waals surface area contributed by atoms with E-state index in [1.54, 1.807) is 0 Å². The molecule has 2 aliphatic rings. The van der Waals surface area contributed by atoms with E-state index in [1.807, 2.05) is 0 Å². The summed E-state index contributed by atoms with van der Waals surface area (Å²) >= 11 is 0. The third kappa shape index (κ3) is 31.8. The smallest absolute Gasteiger partial charge is 0.306 e. The minimum absolute atomic E-state index is 0.146. The zero-order valence-electron chi connectivity index (χ0n) is 44.9. The second-order valence-electron chi connectivity index (χ2n) is 19.7. The van der Waals surface area contributed by atoms with E-state index in [0.717, 1.165) is 96.3 Å². The molecule has 73 heavy (non-hydrogen) atoms. The van der Waals surface area contributed by atoms with Gasteiger partial charge in [0.05, 0.1) is 19.8 Å². The molecule has 2 fully saturated rings. The van der Waals surface area contributed by atoms with Crippen molar-refractivity contribution in [2.75, 3.05) is 26.4 Å². The van der Waals surface area contributed by atoms with Crippen molar-refractivity contribution < 1.29 is 73.8 Å². The number of allylic oxidation sites excluding steroid dienone is 10. The number of aliphatic hydroxyl groups is 7. The normalized spacial score (nSPS) is 25.3. The third-order valence-corrected chi connectivity index (χ3v) is 13.2. The van der Waals surface area contributed by atoms with Gasteiger partial charge in [-0.25, -0.2) is 0 Å². The van der Waals surface area contributed by atoms with Gasteiger partial charge in [-0.3, -0.25) is 9.59 Å². The summed E-state index contributed by atoms with van der Waals surface area (Å²) in [6.45, 7) is 2.47. The molecule has 2 heterocycles. The molecule has 0 spiro atoms. The molecule has 0 saturated carbocycles. The summed E-state index contributed by atoms with van der Waals surface area (Å²) < 4.78 is 33.7. The maximum atomic E-state index is 13.1. The van der Waals surface area contributed by atoms with Gasteiger partial charge in [-0.2, -0.15) is 0 Å². The van der Waals surface area contributed by atoms with Crippen LogP contribution in [0.5, 0.6) is 0 Å². The first-order chi connectivity index (χ1) is 35.5. The molecule has 0 bridgehead atoms. The Balaban J connectivity index is 1.78. The number of carbonyl (C=O) groups is 2. The number of ether oxygens (including phenoxy) is 6. The maximum absolute atomic E-state index is 13.1.